The molecule has 0 spiro atoms. The van der Waals surface area contributed by atoms with Gasteiger partial charge in [-0.2, -0.15) is 12.6 Å². The number of carbonyl (C=O) groups is 3. The van der Waals surface area contributed by atoms with Gasteiger partial charge < -0.3 is 20.3 Å². The first kappa shape index (κ1) is 30.2. The molecule has 0 aliphatic heterocycles. The summed E-state index contributed by atoms with van der Waals surface area (Å²) in [6, 6.07) is 13.4. The van der Waals surface area contributed by atoms with E-state index in [9.17, 15) is 14.4 Å². The van der Waals surface area contributed by atoms with E-state index in [4.69, 9.17) is 4.74 Å². The summed E-state index contributed by atoms with van der Waals surface area (Å²) in [7, 11) is 0. The van der Waals surface area contributed by atoms with Crippen LogP contribution in [0.1, 0.15) is 69.8 Å². The van der Waals surface area contributed by atoms with Crippen LogP contribution in [0.3, 0.4) is 0 Å². The summed E-state index contributed by atoms with van der Waals surface area (Å²) in [4.78, 5) is 42.0. The number of benzene rings is 2. The summed E-state index contributed by atoms with van der Waals surface area (Å²) < 4.78 is 5.37. The highest BCUT2D eigenvalue weighted by Gasteiger charge is 2.42. The summed E-state index contributed by atoms with van der Waals surface area (Å²) >= 11 is 4.35. The minimum atomic E-state index is -0.994. The first-order valence-corrected chi connectivity index (χ1v) is 13.1. The minimum absolute atomic E-state index is 0.0375. The normalized spacial score (nSPS) is 13.3. The average Bonchev–Trinajstić information content (AvgIpc) is 2.79. The molecule has 0 aliphatic carbocycles. The van der Waals surface area contributed by atoms with Crippen molar-refractivity contribution in [3.63, 3.8) is 0 Å². The average molecular weight is 528 g/mol. The summed E-state index contributed by atoms with van der Waals surface area (Å²) in [5.74, 6) is -0.694. The fourth-order valence-electron chi connectivity index (χ4n) is 4.00. The third-order valence-electron chi connectivity index (χ3n) is 5.89. The molecule has 0 saturated heterocycles. The van der Waals surface area contributed by atoms with Gasteiger partial charge in [0.1, 0.15) is 17.7 Å². The maximum absolute atomic E-state index is 14.0. The second kappa shape index (κ2) is 12.5. The molecule has 0 aromatic heterocycles. The van der Waals surface area contributed by atoms with Crippen LogP contribution in [0.15, 0.2) is 48.5 Å². The Morgan fingerprint density at radius 3 is 2.11 bits per heavy atom. The molecule has 0 bridgehead atoms. The molecule has 2 aromatic carbocycles. The van der Waals surface area contributed by atoms with Gasteiger partial charge in [0.2, 0.25) is 11.8 Å². The molecule has 0 heterocycles. The van der Waals surface area contributed by atoms with Crippen LogP contribution in [0.5, 0.6) is 0 Å². The first-order chi connectivity index (χ1) is 17.2. The van der Waals surface area contributed by atoms with Crippen molar-refractivity contribution in [1.82, 2.24) is 15.5 Å². The van der Waals surface area contributed by atoms with Crippen LogP contribution in [0.2, 0.25) is 0 Å². The fraction of sp³-hybridized carbons (Fsp3) is 0.483. The van der Waals surface area contributed by atoms with Gasteiger partial charge in [-0.15, -0.1) is 0 Å². The molecule has 2 rings (SSSR count). The molecule has 2 unspecified atom stereocenters. The number of amides is 3. The lowest BCUT2D eigenvalue weighted by Crippen LogP contribution is -2.59. The molecule has 0 radical (unpaired) electrons. The van der Waals surface area contributed by atoms with Gasteiger partial charge >= 0.3 is 6.09 Å². The number of thiol groups is 1. The zero-order valence-electron chi connectivity index (χ0n) is 23.2. The summed E-state index contributed by atoms with van der Waals surface area (Å²) in [6.45, 7) is 15.1. The Kier molecular flexibility index (Phi) is 10.2. The lowest BCUT2D eigenvalue weighted by Gasteiger charge is -2.43. The fourth-order valence-corrected chi connectivity index (χ4v) is 4.25. The number of rotatable bonds is 8. The highest BCUT2D eigenvalue weighted by molar-refractivity contribution is 7.80. The van der Waals surface area contributed by atoms with Crippen molar-refractivity contribution in [3.8, 4) is 0 Å². The zero-order valence-corrected chi connectivity index (χ0v) is 24.1. The van der Waals surface area contributed by atoms with E-state index in [0.29, 0.717) is 6.54 Å². The van der Waals surface area contributed by atoms with Crippen LogP contribution in [0.25, 0.3) is 0 Å². The third-order valence-corrected chi connectivity index (χ3v) is 6.25. The van der Waals surface area contributed by atoms with Crippen molar-refractivity contribution in [2.45, 2.75) is 85.2 Å². The van der Waals surface area contributed by atoms with Crippen molar-refractivity contribution >= 4 is 30.5 Å². The van der Waals surface area contributed by atoms with Gasteiger partial charge in [0.25, 0.3) is 0 Å². The van der Waals surface area contributed by atoms with E-state index < -0.39 is 35.2 Å². The molecule has 0 fully saturated rings. The molecule has 2 N–H and O–H groups in total. The molecule has 8 heteroatoms. The van der Waals surface area contributed by atoms with Crippen LogP contribution in [-0.4, -0.2) is 45.7 Å². The minimum Gasteiger partial charge on any atom is -0.444 e. The summed E-state index contributed by atoms with van der Waals surface area (Å²) in [5.41, 5.74) is 2.12. The van der Waals surface area contributed by atoms with Gasteiger partial charge in [-0.05, 0) is 77.6 Å². The number of nitrogens with one attached hydrogen (secondary N) is 2. The van der Waals surface area contributed by atoms with E-state index in [-0.39, 0.29) is 11.7 Å². The predicted molar refractivity (Wildman–Crippen MR) is 151 cm³/mol. The zero-order chi connectivity index (χ0) is 28.0. The lowest BCUT2D eigenvalue weighted by atomic mass is 9.91. The topological polar surface area (TPSA) is 87.7 Å². The SMILES string of the molecule is Cc1cccc(C(C(=O)NCc2ccccc2)N(C(=O)C(CS)NC(=O)OC(C)(C)C)C(C)(C)C)c1C. The standard InChI is InChI=1S/C29H41N3O4S/c1-19-13-12-16-22(20(19)2)24(25(33)30-17-21-14-10-9-11-15-21)32(28(3,4)5)26(34)23(18-37)31-27(35)36-29(6,7)8/h9-16,23-24,37H,17-18H2,1-8H3,(H,30,33)(H,31,35). The Hall–Kier alpha value is -3.00. The van der Waals surface area contributed by atoms with Crippen molar-refractivity contribution in [1.29, 1.82) is 0 Å². The van der Waals surface area contributed by atoms with Crippen molar-refractivity contribution in [2.75, 3.05) is 5.75 Å². The Labute approximate surface area is 226 Å². The van der Waals surface area contributed by atoms with Crippen molar-refractivity contribution < 1.29 is 19.1 Å². The summed E-state index contributed by atoms with van der Waals surface area (Å²) in [5, 5.41) is 5.66. The Balaban J connectivity index is 2.51. The number of carbonyl (C=O) groups excluding carboxylic acids is 3. The third kappa shape index (κ3) is 8.52. The van der Waals surface area contributed by atoms with Gasteiger partial charge in [0.05, 0.1) is 0 Å². The van der Waals surface area contributed by atoms with Crippen LogP contribution in [-0.2, 0) is 20.9 Å². The van der Waals surface area contributed by atoms with E-state index in [1.165, 1.54) is 0 Å². The maximum atomic E-state index is 14.0. The van der Waals surface area contributed by atoms with Gasteiger partial charge in [-0.1, -0.05) is 48.5 Å². The lowest BCUT2D eigenvalue weighted by molar-refractivity contribution is -0.148. The van der Waals surface area contributed by atoms with Crippen molar-refractivity contribution in [3.05, 3.63) is 70.8 Å². The Bertz CT molecular complexity index is 1090. The summed E-state index contributed by atoms with van der Waals surface area (Å²) in [6.07, 6.45) is -0.717. The molecule has 2 atom stereocenters. The molecule has 202 valence electrons. The number of ether oxygens (including phenoxy) is 1. The van der Waals surface area contributed by atoms with E-state index >= 15 is 0 Å². The van der Waals surface area contributed by atoms with E-state index in [1.54, 1.807) is 25.7 Å². The molecular weight excluding hydrogens is 486 g/mol. The number of hydrogen-bond donors (Lipinski definition) is 3. The molecular formula is C29H41N3O4S. The monoisotopic (exact) mass is 527 g/mol. The van der Waals surface area contributed by atoms with Crippen LogP contribution in [0.4, 0.5) is 4.79 Å². The molecule has 0 saturated carbocycles. The Morgan fingerprint density at radius 2 is 1.57 bits per heavy atom. The molecule has 3 amide bonds. The number of alkyl carbamates (subject to hydrolysis) is 1. The van der Waals surface area contributed by atoms with E-state index in [2.05, 4.69) is 23.3 Å². The van der Waals surface area contributed by atoms with E-state index in [0.717, 1.165) is 22.3 Å². The van der Waals surface area contributed by atoms with E-state index in [1.807, 2.05) is 83.1 Å². The quantitative estimate of drug-likeness (QED) is 0.416. The predicted octanol–water partition coefficient (Wildman–Crippen LogP) is 5.11. The highest BCUT2D eigenvalue weighted by atomic mass is 32.1. The van der Waals surface area contributed by atoms with Gasteiger partial charge in [0, 0.05) is 17.8 Å². The second-order valence-corrected chi connectivity index (χ2v) is 11.5. The number of nitrogens with zero attached hydrogens (tertiary/aromatic N) is 1. The van der Waals surface area contributed by atoms with Gasteiger partial charge in [-0.3, -0.25) is 9.59 Å². The van der Waals surface area contributed by atoms with Crippen molar-refractivity contribution in [2.24, 2.45) is 0 Å². The van der Waals surface area contributed by atoms with Gasteiger partial charge in [0.15, 0.2) is 0 Å². The largest absolute Gasteiger partial charge is 0.444 e. The number of aryl methyl sites for hydroxylation is 1. The smallest absolute Gasteiger partial charge is 0.408 e. The van der Waals surface area contributed by atoms with Gasteiger partial charge in [-0.25, -0.2) is 4.79 Å². The number of hydrogen-bond acceptors (Lipinski definition) is 5. The maximum Gasteiger partial charge on any atom is 0.408 e. The Morgan fingerprint density at radius 1 is 0.946 bits per heavy atom. The van der Waals surface area contributed by atoms with Crippen LogP contribution < -0.4 is 10.6 Å². The highest BCUT2D eigenvalue weighted by Crippen LogP contribution is 2.33. The van der Waals surface area contributed by atoms with Crippen LogP contribution in [0, 0.1) is 13.8 Å². The molecule has 2 aromatic rings. The first-order valence-electron chi connectivity index (χ1n) is 12.5. The second-order valence-electron chi connectivity index (χ2n) is 11.2. The van der Waals surface area contributed by atoms with Crippen LogP contribution >= 0.6 is 12.6 Å². The molecule has 0 aliphatic rings. The molecule has 37 heavy (non-hydrogen) atoms. The molecule has 7 nitrogen and oxygen atoms in total.